The van der Waals surface area contributed by atoms with Crippen LogP contribution in [-0.2, 0) is 16.6 Å². The standard InChI is InChI=1S/C20H20BrNO5S2/c1-22-29(23,24)19(28-3)10-14-4-5-16(25-2)11-18(14)27-12-13-8-15-6-7-26-20(15)17(21)9-13/h4-11,22H,12H2,1-3H3. The van der Waals surface area contributed by atoms with E-state index in [1.807, 2.05) is 18.2 Å². The minimum absolute atomic E-state index is 0.192. The summed E-state index contributed by atoms with van der Waals surface area (Å²) in [6.45, 7) is 0.293. The van der Waals surface area contributed by atoms with E-state index in [0.717, 1.165) is 32.8 Å². The molecule has 0 aliphatic heterocycles. The summed E-state index contributed by atoms with van der Waals surface area (Å²) in [7, 11) is -0.611. The summed E-state index contributed by atoms with van der Waals surface area (Å²) in [5.74, 6) is 1.14. The largest absolute Gasteiger partial charge is 0.497 e. The molecular weight excluding hydrogens is 478 g/mol. The van der Waals surface area contributed by atoms with Crippen LogP contribution in [0.2, 0.25) is 0 Å². The van der Waals surface area contributed by atoms with Crippen molar-refractivity contribution < 1.29 is 22.3 Å². The zero-order chi connectivity index (χ0) is 21.0. The van der Waals surface area contributed by atoms with E-state index in [0.29, 0.717) is 23.7 Å². The molecule has 0 radical (unpaired) electrons. The summed E-state index contributed by atoms with van der Waals surface area (Å²) in [6, 6.07) is 11.1. The quantitative estimate of drug-likeness (QED) is 0.472. The monoisotopic (exact) mass is 497 g/mol. The van der Waals surface area contributed by atoms with Crippen LogP contribution in [0.1, 0.15) is 11.1 Å². The molecule has 0 saturated carbocycles. The number of hydrogen-bond acceptors (Lipinski definition) is 6. The van der Waals surface area contributed by atoms with Crippen LogP contribution in [-0.4, -0.2) is 28.8 Å². The molecular formula is C20H20BrNO5S2. The lowest BCUT2D eigenvalue weighted by Crippen LogP contribution is -2.18. The SMILES string of the molecule is CNS(=O)(=O)C(=Cc1ccc(OC)cc1OCc1cc(Br)c2occc2c1)SC. The van der Waals surface area contributed by atoms with Crippen molar-refractivity contribution in [1.82, 2.24) is 4.72 Å². The second-order valence-corrected chi connectivity index (χ2v) is 9.80. The highest BCUT2D eigenvalue weighted by Gasteiger charge is 2.16. The van der Waals surface area contributed by atoms with Gasteiger partial charge in [0.2, 0.25) is 10.0 Å². The van der Waals surface area contributed by atoms with Gasteiger partial charge in [-0.15, -0.1) is 11.8 Å². The highest BCUT2D eigenvalue weighted by molar-refractivity contribution is 9.10. The molecule has 0 fully saturated rings. The van der Waals surface area contributed by atoms with Gasteiger partial charge in [0.1, 0.15) is 27.9 Å². The fourth-order valence-electron chi connectivity index (χ4n) is 2.70. The molecule has 0 aliphatic carbocycles. The van der Waals surface area contributed by atoms with Crippen molar-refractivity contribution in [1.29, 1.82) is 0 Å². The van der Waals surface area contributed by atoms with Gasteiger partial charge in [-0.05, 0) is 71.2 Å². The smallest absolute Gasteiger partial charge is 0.246 e. The van der Waals surface area contributed by atoms with Gasteiger partial charge in [0.25, 0.3) is 0 Å². The third kappa shape index (κ3) is 4.98. The molecule has 29 heavy (non-hydrogen) atoms. The van der Waals surface area contributed by atoms with Crippen molar-refractivity contribution in [2.45, 2.75) is 6.61 Å². The molecule has 2 aromatic carbocycles. The van der Waals surface area contributed by atoms with Crippen molar-refractivity contribution >= 4 is 54.8 Å². The first-order valence-corrected chi connectivity index (χ1v) is 12.0. The van der Waals surface area contributed by atoms with Crippen LogP contribution in [0, 0.1) is 0 Å². The van der Waals surface area contributed by atoms with E-state index >= 15 is 0 Å². The first-order chi connectivity index (χ1) is 13.9. The van der Waals surface area contributed by atoms with E-state index in [1.54, 1.807) is 43.9 Å². The molecule has 0 aliphatic rings. The van der Waals surface area contributed by atoms with Crippen molar-refractivity contribution in [2.75, 3.05) is 20.4 Å². The Bertz CT molecular complexity index is 1150. The number of benzene rings is 2. The molecule has 154 valence electrons. The Hall–Kier alpha value is -1.94. The number of hydrogen-bond donors (Lipinski definition) is 1. The second-order valence-electron chi connectivity index (χ2n) is 5.98. The number of ether oxygens (including phenoxy) is 2. The van der Waals surface area contributed by atoms with Crippen molar-refractivity contribution in [3.05, 3.63) is 62.5 Å². The average Bonchev–Trinajstić information content (AvgIpc) is 3.20. The molecule has 0 spiro atoms. The normalized spacial score (nSPS) is 12.3. The van der Waals surface area contributed by atoms with E-state index in [9.17, 15) is 8.42 Å². The van der Waals surface area contributed by atoms with E-state index < -0.39 is 10.0 Å². The lowest BCUT2D eigenvalue weighted by Gasteiger charge is -2.13. The third-order valence-corrected chi connectivity index (χ3v) is 7.64. The van der Waals surface area contributed by atoms with Crippen LogP contribution in [0.25, 0.3) is 17.0 Å². The van der Waals surface area contributed by atoms with Gasteiger partial charge < -0.3 is 13.9 Å². The van der Waals surface area contributed by atoms with E-state index in [2.05, 4.69) is 20.7 Å². The Morgan fingerprint density at radius 1 is 1.28 bits per heavy atom. The predicted molar refractivity (Wildman–Crippen MR) is 121 cm³/mol. The van der Waals surface area contributed by atoms with Crippen LogP contribution in [0.3, 0.4) is 0 Å². The van der Waals surface area contributed by atoms with Crippen LogP contribution >= 0.6 is 27.7 Å². The van der Waals surface area contributed by atoms with Gasteiger partial charge in [0, 0.05) is 17.0 Å². The first kappa shape index (κ1) is 21.8. The first-order valence-electron chi connectivity index (χ1n) is 8.53. The van der Waals surface area contributed by atoms with Crippen molar-refractivity contribution in [3.8, 4) is 11.5 Å². The summed E-state index contributed by atoms with van der Waals surface area (Å²) in [4.78, 5) is 0. The maximum absolute atomic E-state index is 12.2. The van der Waals surface area contributed by atoms with Crippen LogP contribution in [0.15, 0.2) is 55.8 Å². The molecule has 0 bridgehead atoms. The molecule has 0 unspecified atom stereocenters. The summed E-state index contributed by atoms with van der Waals surface area (Å²) in [5, 5.41) is 0.966. The zero-order valence-electron chi connectivity index (χ0n) is 16.1. The van der Waals surface area contributed by atoms with E-state index in [1.165, 1.54) is 7.05 Å². The lowest BCUT2D eigenvalue weighted by atomic mass is 10.1. The molecule has 3 aromatic rings. The number of thioether (sulfide) groups is 1. The van der Waals surface area contributed by atoms with Gasteiger partial charge in [-0.3, -0.25) is 0 Å². The summed E-state index contributed by atoms with van der Waals surface area (Å²) in [6.07, 6.45) is 4.93. The van der Waals surface area contributed by atoms with Crippen molar-refractivity contribution in [3.63, 3.8) is 0 Å². The van der Waals surface area contributed by atoms with Gasteiger partial charge in [0.15, 0.2) is 0 Å². The molecule has 6 nitrogen and oxygen atoms in total. The predicted octanol–water partition coefficient (Wildman–Crippen LogP) is 4.99. The van der Waals surface area contributed by atoms with Crippen molar-refractivity contribution in [2.24, 2.45) is 0 Å². The van der Waals surface area contributed by atoms with E-state index in [-0.39, 0.29) is 4.24 Å². The fraction of sp³-hybridized carbons (Fsp3) is 0.200. The third-order valence-electron chi connectivity index (χ3n) is 4.19. The second kappa shape index (κ2) is 9.25. The average molecular weight is 498 g/mol. The molecule has 1 aromatic heterocycles. The molecule has 3 rings (SSSR count). The summed E-state index contributed by atoms with van der Waals surface area (Å²) >= 11 is 4.65. The molecule has 1 heterocycles. The molecule has 0 saturated heterocycles. The topological polar surface area (TPSA) is 77.8 Å². The Balaban J connectivity index is 1.94. The van der Waals surface area contributed by atoms with Gasteiger partial charge in [-0.2, -0.15) is 0 Å². The number of fused-ring (bicyclic) bond motifs is 1. The number of rotatable bonds is 8. The number of halogens is 1. The van der Waals surface area contributed by atoms with Gasteiger partial charge in [-0.1, -0.05) is 0 Å². The molecule has 0 atom stereocenters. The Morgan fingerprint density at radius 3 is 2.76 bits per heavy atom. The van der Waals surface area contributed by atoms with Crippen LogP contribution in [0.4, 0.5) is 0 Å². The Kier molecular flexibility index (Phi) is 6.94. The maximum atomic E-state index is 12.2. The fourth-order valence-corrected chi connectivity index (χ4v) is 5.17. The molecule has 1 N–H and O–H groups in total. The van der Waals surface area contributed by atoms with E-state index in [4.69, 9.17) is 13.9 Å². The maximum Gasteiger partial charge on any atom is 0.246 e. The number of nitrogens with one attached hydrogen (secondary N) is 1. The summed E-state index contributed by atoms with van der Waals surface area (Å²) in [5.41, 5.74) is 2.36. The van der Waals surface area contributed by atoms with Gasteiger partial charge in [0.05, 0.1) is 17.8 Å². The van der Waals surface area contributed by atoms with Crippen LogP contribution < -0.4 is 14.2 Å². The van der Waals surface area contributed by atoms with Crippen LogP contribution in [0.5, 0.6) is 11.5 Å². The zero-order valence-corrected chi connectivity index (χ0v) is 19.3. The van der Waals surface area contributed by atoms with Gasteiger partial charge >= 0.3 is 0 Å². The minimum Gasteiger partial charge on any atom is -0.497 e. The summed E-state index contributed by atoms with van der Waals surface area (Å²) < 4.78 is 44.5. The lowest BCUT2D eigenvalue weighted by molar-refractivity contribution is 0.303. The molecule has 9 heteroatoms. The molecule has 0 amide bonds. The number of methoxy groups -OCH3 is 1. The number of sulfonamides is 1. The highest BCUT2D eigenvalue weighted by atomic mass is 79.9. The van der Waals surface area contributed by atoms with Gasteiger partial charge in [-0.25, -0.2) is 13.1 Å². The highest BCUT2D eigenvalue weighted by Crippen LogP contribution is 2.32. The minimum atomic E-state index is -3.56. The Morgan fingerprint density at radius 2 is 2.07 bits per heavy atom. The Labute approximate surface area is 182 Å². The number of furan rings is 1.